The summed E-state index contributed by atoms with van der Waals surface area (Å²) in [6.07, 6.45) is 3.25. The first-order valence-corrected chi connectivity index (χ1v) is 8.80. The molecule has 1 aliphatic rings. The second kappa shape index (κ2) is 6.54. The molecule has 1 aromatic carbocycles. The van der Waals surface area contributed by atoms with Crippen molar-refractivity contribution in [1.82, 2.24) is 9.88 Å². The van der Waals surface area contributed by atoms with Crippen LogP contribution in [0, 0.1) is 11.3 Å². The van der Waals surface area contributed by atoms with Crippen LogP contribution in [0.4, 0.5) is 0 Å². The minimum Gasteiger partial charge on any atom is -0.440 e. The minimum absolute atomic E-state index is 0.0755. The number of oxazole rings is 1. The van der Waals surface area contributed by atoms with Gasteiger partial charge in [0.05, 0.1) is 0 Å². The van der Waals surface area contributed by atoms with Gasteiger partial charge in [-0.05, 0) is 43.7 Å². The number of hydrogen-bond donors (Lipinski definition) is 0. The molecule has 1 atom stereocenters. The van der Waals surface area contributed by atoms with E-state index in [-0.39, 0.29) is 30.0 Å². The van der Waals surface area contributed by atoms with Crippen LogP contribution in [0.15, 0.2) is 40.5 Å². The topological polar surface area (TPSA) is 55.6 Å². The fraction of sp³-hybridized carbons (Fsp3) is 0.500. The van der Waals surface area contributed by atoms with Crippen molar-refractivity contribution in [2.24, 2.45) is 11.3 Å². The Kier molecular flexibility index (Phi) is 4.58. The van der Waals surface area contributed by atoms with Crippen molar-refractivity contribution in [1.29, 1.82) is 0 Å². The molecule has 0 aliphatic heterocycles. The highest BCUT2D eigenvalue weighted by Gasteiger charge is 2.35. The van der Waals surface area contributed by atoms with Gasteiger partial charge in [0.2, 0.25) is 0 Å². The smallest absolute Gasteiger partial charge is 0.395 e. The van der Waals surface area contributed by atoms with Crippen molar-refractivity contribution in [3.63, 3.8) is 0 Å². The molecule has 0 radical (unpaired) electrons. The molecule has 0 N–H and O–H groups in total. The highest BCUT2D eigenvalue weighted by Crippen LogP contribution is 2.42. The first kappa shape index (κ1) is 17.5. The van der Waals surface area contributed by atoms with Crippen molar-refractivity contribution in [2.45, 2.75) is 47.1 Å². The van der Waals surface area contributed by atoms with Gasteiger partial charge >= 0.3 is 6.08 Å². The summed E-state index contributed by atoms with van der Waals surface area (Å²) >= 11 is 0. The van der Waals surface area contributed by atoms with E-state index in [0.717, 1.165) is 17.6 Å². The molecule has 25 heavy (non-hydrogen) atoms. The number of ether oxygens (including phenoxy) is 1. The van der Waals surface area contributed by atoms with E-state index < -0.39 is 0 Å². The predicted octanol–water partition coefficient (Wildman–Crippen LogP) is 4.39. The molecular formula is C20H26N2O3. The molecule has 0 saturated heterocycles. The Labute approximate surface area is 148 Å². The average Bonchev–Trinajstić information content (AvgIpc) is 3.05. The molecule has 5 nitrogen and oxygen atoms in total. The zero-order valence-electron chi connectivity index (χ0n) is 15.6. The summed E-state index contributed by atoms with van der Waals surface area (Å²) in [5.41, 5.74) is 2.56. The van der Waals surface area contributed by atoms with Crippen molar-refractivity contribution in [3.05, 3.63) is 36.0 Å². The summed E-state index contributed by atoms with van der Waals surface area (Å²) in [6, 6.07) is 7.51. The first-order valence-electron chi connectivity index (χ1n) is 8.80. The highest BCUT2D eigenvalue weighted by atomic mass is 16.6. The van der Waals surface area contributed by atoms with E-state index in [2.05, 4.69) is 31.8 Å². The van der Waals surface area contributed by atoms with Crippen LogP contribution in [0.5, 0.6) is 6.08 Å². The SMILES string of the molecule is CC(C)N(C(=O)COc1nc2ccccc2o1)C1=CC(C)(C)C(C)C1. The first-order chi connectivity index (χ1) is 11.8. The third-order valence-electron chi connectivity index (χ3n) is 5.01. The average molecular weight is 342 g/mol. The number of fused-ring (bicyclic) bond motifs is 1. The molecule has 1 heterocycles. The van der Waals surface area contributed by atoms with Gasteiger partial charge in [-0.15, -0.1) is 0 Å². The molecule has 3 rings (SSSR count). The zero-order chi connectivity index (χ0) is 18.2. The Bertz CT molecular complexity index is 771. The van der Waals surface area contributed by atoms with E-state index in [9.17, 15) is 4.79 Å². The second-order valence-corrected chi connectivity index (χ2v) is 7.66. The van der Waals surface area contributed by atoms with Gasteiger partial charge in [-0.2, -0.15) is 4.98 Å². The number of nitrogens with zero attached hydrogens (tertiary/aromatic N) is 2. The maximum absolute atomic E-state index is 12.8. The lowest BCUT2D eigenvalue weighted by molar-refractivity contribution is -0.133. The van der Waals surface area contributed by atoms with Crippen LogP contribution in [0.3, 0.4) is 0 Å². The van der Waals surface area contributed by atoms with Crippen LogP contribution < -0.4 is 4.74 Å². The molecule has 1 aliphatic carbocycles. The molecular weight excluding hydrogens is 316 g/mol. The summed E-state index contributed by atoms with van der Waals surface area (Å²) < 4.78 is 11.0. The third-order valence-corrected chi connectivity index (χ3v) is 5.01. The maximum atomic E-state index is 12.8. The number of carbonyl (C=O) groups excluding carboxylic acids is 1. The van der Waals surface area contributed by atoms with Gasteiger partial charge in [0.1, 0.15) is 5.52 Å². The minimum atomic E-state index is -0.0862. The Hall–Kier alpha value is -2.30. The van der Waals surface area contributed by atoms with Gasteiger partial charge in [0.15, 0.2) is 12.2 Å². The second-order valence-electron chi connectivity index (χ2n) is 7.66. The fourth-order valence-corrected chi connectivity index (χ4v) is 3.26. The summed E-state index contributed by atoms with van der Waals surface area (Å²) in [6.45, 7) is 10.6. The summed E-state index contributed by atoms with van der Waals surface area (Å²) in [5, 5.41) is 0. The van der Waals surface area contributed by atoms with Gasteiger partial charge in [-0.25, -0.2) is 0 Å². The van der Waals surface area contributed by atoms with Crippen LogP contribution in [0.2, 0.25) is 0 Å². The van der Waals surface area contributed by atoms with Crippen molar-refractivity contribution < 1.29 is 13.9 Å². The number of allylic oxidation sites excluding steroid dienone is 2. The van der Waals surface area contributed by atoms with Gasteiger partial charge < -0.3 is 14.1 Å². The molecule has 0 fully saturated rings. The number of amides is 1. The van der Waals surface area contributed by atoms with Gasteiger partial charge in [-0.1, -0.05) is 39.0 Å². The van der Waals surface area contributed by atoms with Crippen LogP contribution in [0.1, 0.15) is 41.0 Å². The van der Waals surface area contributed by atoms with Gasteiger partial charge in [0.25, 0.3) is 5.91 Å². The number of rotatable bonds is 5. The third kappa shape index (κ3) is 3.55. The monoisotopic (exact) mass is 342 g/mol. The van der Waals surface area contributed by atoms with E-state index in [1.807, 2.05) is 43.0 Å². The van der Waals surface area contributed by atoms with Crippen molar-refractivity contribution in [3.8, 4) is 6.08 Å². The molecule has 134 valence electrons. The lowest BCUT2D eigenvalue weighted by Gasteiger charge is -2.28. The Morgan fingerprint density at radius 3 is 2.72 bits per heavy atom. The van der Waals surface area contributed by atoms with Crippen LogP contribution >= 0.6 is 0 Å². The number of aromatic nitrogens is 1. The molecule has 1 unspecified atom stereocenters. The molecule has 0 saturated carbocycles. The Morgan fingerprint density at radius 2 is 2.12 bits per heavy atom. The van der Waals surface area contributed by atoms with Crippen LogP contribution in [-0.4, -0.2) is 28.4 Å². The number of benzene rings is 1. The van der Waals surface area contributed by atoms with Gasteiger partial charge in [-0.3, -0.25) is 4.79 Å². The number of carbonyl (C=O) groups is 1. The van der Waals surface area contributed by atoms with E-state index in [0.29, 0.717) is 11.5 Å². The summed E-state index contributed by atoms with van der Waals surface area (Å²) in [4.78, 5) is 18.9. The fourth-order valence-electron chi connectivity index (χ4n) is 3.26. The Balaban J connectivity index is 1.71. The van der Waals surface area contributed by atoms with Crippen LogP contribution in [-0.2, 0) is 4.79 Å². The molecule has 1 amide bonds. The van der Waals surface area contributed by atoms with E-state index in [4.69, 9.17) is 9.15 Å². The summed E-state index contributed by atoms with van der Waals surface area (Å²) in [5.74, 6) is 0.433. The van der Waals surface area contributed by atoms with Crippen LogP contribution in [0.25, 0.3) is 11.1 Å². The zero-order valence-corrected chi connectivity index (χ0v) is 15.6. The highest BCUT2D eigenvalue weighted by molar-refractivity contribution is 5.80. The predicted molar refractivity (Wildman–Crippen MR) is 97.1 cm³/mol. The lowest BCUT2D eigenvalue weighted by Crippen LogP contribution is -2.39. The quantitative estimate of drug-likeness (QED) is 0.808. The largest absolute Gasteiger partial charge is 0.440 e. The van der Waals surface area contributed by atoms with E-state index in [1.54, 1.807) is 0 Å². The molecule has 1 aromatic heterocycles. The van der Waals surface area contributed by atoms with Crippen molar-refractivity contribution in [2.75, 3.05) is 6.61 Å². The normalized spacial score (nSPS) is 19.3. The summed E-state index contributed by atoms with van der Waals surface area (Å²) in [7, 11) is 0. The van der Waals surface area contributed by atoms with E-state index >= 15 is 0 Å². The lowest BCUT2D eigenvalue weighted by atomic mass is 9.84. The molecule has 0 bridgehead atoms. The molecule has 2 aromatic rings. The Morgan fingerprint density at radius 1 is 1.40 bits per heavy atom. The van der Waals surface area contributed by atoms with E-state index in [1.165, 1.54) is 0 Å². The number of hydrogen-bond acceptors (Lipinski definition) is 4. The molecule has 5 heteroatoms. The maximum Gasteiger partial charge on any atom is 0.395 e. The van der Waals surface area contributed by atoms with Crippen molar-refractivity contribution >= 4 is 17.0 Å². The number of para-hydroxylation sites is 2. The standard InChI is InChI=1S/C20H26N2O3/c1-13(2)22(15-10-14(3)20(4,5)11-15)18(23)12-24-19-21-16-8-6-7-9-17(16)25-19/h6-9,11,13-14H,10,12H2,1-5H3. The molecule has 0 spiro atoms. The van der Waals surface area contributed by atoms with Gasteiger partial charge in [0, 0.05) is 11.7 Å².